The van der Waals surface area contributed by atoms with E-state index in [1.165, 1.54) is 6.07 Å². The van der Waals surface area contributed by atoms with E-state index in [0.29, 0.717) is 11.3 Å². The third-order valence-electron chi connectivity index (χ3n) is 3.84. The molecule has 0 radical (unpaired) electrons. The van der Waals surface area contributed by atoms with Crippen molar-refractivity contribution in [1.82, 2.24) is 0 Å². The standard InChI is InChI=1S/C18H18ClN3O5S/c1-10-6-4-5-7-14(10)20-18(24)17(12(3)23)22-21-15-8-11(2)13(19)9-16(15)28(25,26)27/h4-9,17H,1-3H3,(H,20,24)(H,25,26,27). The first-order valence-corrected chi connectivity index (χ1v) is 9.88. The highest BCUT2D eigenvalue weighted by Gasteiger charge is 2.24. The largest absolute Gasteiger partial charge is 0.324 e. The second-order valence-corrected chi connectivity index (χ2v) is 7.87. The summed E-state index contributed by atoms with van der Waals surface area (Å²) in [6.07, 6.45) is 0. The summed E-state index contributed by atoms with van der Waals surface area (Å²) in [6, 6.07) is 7.79. The molecule has 0 bridgehead atoms. The summed E-state index contributed by atoms with van der Waals surface area (Å²) in [6.45, 7) is 4.55. The van der Waals surface area contributed by atoms with Gasteiger partial charge in [0.15, 0.2) is 5.78 Å². The number of Topliss-reactive ketones (excluding diaryl/α,β-unsaturated/α-hetero) is 1. The number of aryl methyl sites for hydroxylation is 2. The van der Waals surface area contributed by atoms with Gasteiger partial charge in [-0.05, 0) is 50.1 Å². The first kappa shape index (κ1) is 21.7. The summed E-state index contributed by atoms with van der Waals surface area (Å²) >= 11 is 5.89. The van der Waals surface area contributed by atoms with Gasteiger partial charge in [0.05, 0.1) is 0 Å². The third kappa shape index (κ3) is 5.22. The fraction of sp³-hybridized carbons (Fsp3) is 0.222. The summed E-state index contributed by atoms with van der Waals surface area (Å²) in [5, 5.41) is 10.1. The minimum absolute atomic E-state index is 0.104. The van der Waals surface area contributed by atoms with E-state index in [1.54, 1.807) is 38.1 Å². The molecule has 0 spiro atoms. The maximum Gasteiger partial charge on any atom is 0.296 e. The number of para-hydroxylation sites is 1. The average molecular weight is 424 g/mol. The molecule has 10 heteroatoms. The maximum atomic E-state index is 12.5. The van der Waals surface area contributed by atoms with Gasteiger partial charge in [0.25, 0.3) is 16.0 Å². The van der Waals surface area contributed by atoms with Crippen molar-refractivity contribution < 1.29 is 22.6 Å². The lowest BCUT2D eigenvalue weighted by molar-refractivity contribution is -0.126. The smallest absolute Gasteiger partial charge is 0.296 e. The lowest BCUT2D eigenvalue weighted by atomic mass is 10.1. The SMILES string of the molecule is CC(=O)C(N=Nc1cc(C)c(Cl)cc1S(=O)(=O)O)C(=O)Nc1ccccc1C. The Morgan fingerprint density at radius 1 is 1.14 bits per heavy atom. The molecule has 2 aromatic carbocycles. The molecule has 0 saturated carbocycles. The molecule has 1 amide bonds. The van der Waals surface area contributed by atoms with Crippen LogP contribution in [0.1, 0.15) is 18.1 Å². The number of azo groups is 1. The molecule has 2 aromatic rings. The zero-order chi connectivity index (χ0) is 21.1. The van der Waals surface area contributed by atoms with Crippen LogP contribution in [0.2, 0.25) is 5.02 Å². The predicted octanol–water partition coefficient (Wildman–Crippen LogP) is 3.88. The van der Waals surface area contributed by atoms with Gasteiger partial charge in [-0.2, -0.15) is 18.6 Å². The van der Waals surface area contributed by atoms with E-state index in [2.05, 4.69) is 15.5 Å². The van der Waals surface area contributed by atoms with E-state index in [0.717, 1.165) is 18.6 Å². The number of hydrogen-bond donors (Lipinski definition) is 2. The van der Waals surface area contributed by atoms with Crippen molar-refractivity contribution in [3.8, 4) is 0 Å². The van der Waals surface area contributed by atoms with Gasteiger partial charge in [-0.3, -0.25) is 14.1 Å². The number of nitrogens with zero attached hydrogens (tertiary/aromatic N) is 2. The summed E-state index contributed by atoms with van der Waals surface area (Å²) in [5.74, 6) is -1.31. The number of carbonyl (C=O) groups is 2. The van der Waals surface area contributed by atoms with Crippen molar-refractivity contribution in [2.75, 3.05) is 5.32 Å². The van der Waals surface area contributed by atoms with Crippen LogP contribution in [0.5, 0.6) is 0 Å². The average Bonchev–Trinajstić information content (AvgIpc) is 2.58. The number of halogens is 1. The zero-order valence-electron chi connectivity index (χ0n) is 15.3. The molecule has 1 unspecified atom stereocenters. The van der Waals surface area contributed by atoms with Crippen LogP contribution in [-0.2, 0) is 19.7 Å². The van der Waals surface area contributed by atoms with Crippen LogP contribution in [0.15, 0.2) is 51.5 Å². The molecule has 0 saturated heterocycles. The predicted molar refractivity (Wildman–Crippen MR) is 105 cm³/mol. The van der Waals surface area contributed by atoms with Crippen LogP contribution in [0.4, 0.5) is 11.4 Å². The molecule has 28 heavy (non-hydrogen) atoms. The lowest BCUT2D eigenvalue weighted by Crippen LogP contribution is -2.32. The number of rotatable bonds is 6. The minimum Gasteiger partial charge on any atom is -0.324 e. The van der Waals surface area contributed by atoms with Gasteiger partial charge in [-0.15, -0.1) is 0 Å². The Bertz CT molecular complexity index is 1070. The van der Waals surface area contributed by atoms with Gasteiger partial charge >= 0.3 is 0 Å². The highest BCUT2D eigenvalue weighted by atomic mass is 35.5. The summed E-state index contributed by atoms with van der Waals surface area (Å²) < 4.78 is 32.5. The van der Waals surface area contributed by atoms with Crippen LogP contribution in [0.25, 0.3) is 0 Å². The van der Waals surface area contributed by atoms with E-state index in [9.17, 15) is 22.6 Å². The Labute approximate surface area is 167 Å². The topological polar surface area (TPSA) is 125 Å². The maximum absolute atomic E-state index is 12.5. The molecule has 0 aliphatic carbocycles. The minimum atomic E-state index is -4.64. The van der Waals surface area contributed by atoms with Gasteiger partial charge in [-0.1, -0.05) is 29.8 Å². The molecule has 1 atom stereocenters. The van der Waals surface area contributed by atoms with Gasteiger partial charge in [0.2, 0.25) is 6.04 Å². The van der Waals surface area contributed by atoms with Gasteiger partial charge < -0.3 is 5.32 Å². The van der Waals surface area contributed by atoms with Crippen LogP contribution in [-0.4, -0.2) is 30.7 Å². The number of hydrogen-bond acceptors (Lipinski definition) is 6. The van der Waals surface area contributed by atoms with Crippen LogP contribution < -0.4 is 5.32 Å². The Hall–Kier alpha value is -2.62. The first-order valence-electron chi connectivity index (χ1n) is 8.06. The van der Waals surface area contributed by atoms with Gasteiger partial charge in [0.1, 0.15) is 10.6 Å². The summed E-state index contributed by atoms with van der Waals surface area (Å²) in [5.41, 5.74) is 1.54. The molecule has 0 aromatic heterocycles. The Morgan fingerprint density at radius 3 is 2.36 bits per heavy atom. The first-order chi connectivity index (χ1) is 13.0. The number of benzene rings is 2. The van der Waals surface area contributed by atoms with Crippen molar-refractivity contribution in [2.45, 2.75) is 31.7 Å². The second-order valence-electron chi connectivity index (χ2n) is 6.08. The molecule has 8 nitrogen and oxygen atoms in total. The number of carbonyl (C=O) groups excluding carboxylic acids is 2. The Morgan fingerprint density at radius 2 is 1.79 bits per heavy atom. The molecule has 0 aliphatic rings. The molecule has 0 aliphatic heterocycles. The summed E-state index contributed by atoms with van der Waals surface area (Å²) in [4.78, 5) is 23.8. The quantitative estimate of drug-likeness (QED) is 0.414. The normalized spacial score (nSPS) is 12.8. The van der Waals surface area contributed by atoms with Crippen molar-refractivity contribution in [3.63, 3.8) is 0 Å². The van der Waals surface area contributed by atoms with E-state index < -0.39 is 32.7 Å². The zero-order valence-corrected chi connectivity index (χ0v) is 16.9. The molecule has 0 heterocycles. The number of amides is 1. The van der Waals surface area contributed by atoms with Gasteiger partial charge in [-0.25, -0.2) is 0 Å². The van der Waals surface area contributed by atoms with Crippen molar-refractivity contribution in [1.29, 1.82) is 0 Å². The third-order valence-corrected chi connectivity index (χ3v) is 5.13. The molecular weight excluding hydrogens is 406 g/mol. The van der Waals surface area contributed by atoms with E-state index in [-0.39, 0.29) is 10.7 Å². The van der Waals surface area contributed by atoms with Crippen LogP contribution in [0, 0.1) is 13.8 Å². The van der Waals surface area contributed by atoms with E-state index in [1.807, 2.05) is 0 Å². The van der Waals surface area contributed by atoms with Gasteiger partial charge in [0, 0.05) is 10.7 Å². The lowest BCUT2D eigenvalue weighted by Gasteiger charge is -2.11. The number of ketones is 1. The summed E-state index contributed by atoms with van der Waals surface area (Å²) in [7, 11) is -4.64. The molecule has 2 N–H and O–H groups in total. The van der Waals surface area contributed by atoms with Crippen molar-refractivity contribution >= 4 is 44.8 Å². The fourth-order valence-electron chi connectivity index (χ4n) is 2.29. The second kappa shape index (κ2) is 8.59. The molecule has 2 rings (SSSR count). The fourth-order valence-corrected chi connectivity index (χ4v) is 3.14. The van der Waals surface area contributed by atoms with Crippen LogP contribution >= 0.6 is 11.6 Å². The Kier molecular flexibility index (Phi) is 6.65. The highest BCUT2D eigenvalue weighted by Crippen LogP contribution is 2.31. The molecular formula is C18H18ClN3O5S. The monoisotopic (exact) mass is 423 g/mol. The van der Waals surface area contributed by atoms with E-state index >= 15 is 0 Å². The van der Waals surface area contributed by atoms with E-state index in [4.69, 9.17) is 11.6 Å². The number of nitrogens with one attached hydrogen (secondary N) is 1. The van der Waals surface area contributed by atoms with Crippen molar-refractivity contribution in [2.24, 2.45) is 10.2 Å². The van der Waals surface area contributed by atoms with Crippen LogP contribution in [0.3, 0.4) is 0 Å². The van der Waals surface area contributed by atoms with Crippen molar-refractivity contribution in [3.05, 3.63) is 52.5 Å². The number of anilines is 1. The highest BCUT2D eigenvalue weighted by molar-refractivity contribution is 7.86. The molecule has 0 fully saturated rings. The molecule has 148 valence electrons. The Balaban J connectivity index is 2.39.